The number of nitrogens with one attached hydrogen (secondary N) is 1. The van der Waals surface area contributed by atoms with E-state index in [0.717, 1.165) is 5.56 Å². The Hall–Kier alpha value is -1.59. The molecule has 0 aliphatic rings. The van der Waals surface area contributed by atoms with Crippen molar-refractivity contribution in [3.05, 3.63) is 29.8 Å². The highest BCUT2D eigenvalue weighted by Gasteiger charge is 2.23. The van der Waals surface area contributed by atoms with Crippen LogP contribution in [-0.4, -0.2) is 36.9 Å². The second-order valence-electron chi connectivity index (χ2n) is 5.35. The first-order chi connectivity index (χ1) is 9.35. The van der Waals surface area contributed by atoms with Gasteiger partial charge in [0.1, 0.15) is 0 Å². The molecule has 0 fully saturated rings. The quantitative estimate of drug-likeness (QED) is 0.657. The molecule has 5 nitrogen and oxygen atoms in total. The standard InChI is InChI=1S/C15H24N2O3/c1-11(12-5-4-6-13(16)9-12)14(18)17-10-15(2,19)7-8-20-3/h4-6,9,11,19H,7-8,10,16H2,1-3H3,(H,17,18). The van der Waals surface area contributed by atoms with Crippen molar-refractivity contribution < 1.29 is 14.6 Å². The van der Waals surface area contributed by atoms with E-state index in [1.807, 2.05) is 19.1 Å². The Morgan fingerprint density at radius 3 is 2.85 bits per heavy atom. The summed E-state index contributed by atoms with van der Waals surface area (Å²) < 4.78 is 4.93. The van der Waals surface area contributed by atoms with Crippen LogP contribution in [0, 0.1) is 0 Å². The third kappa shape index (κ3) is 5.19. The number of hydrogen-bond acceptors (Lipinski definition) is 4. The molecular formula is C15H24N2O3. The van der Waals surface area contributed by atoms with Crippen LogP contribution >= 0.6 is 0 Å². The van der Waals surface area contributed by atoms with Crippen molar-refractivity contribution in [3.63, 3.8) is 0 Å². The predicted molar refractivity (Wildman–Crippen MR) is 79.4 cm³/mol. The van der Waals surface area contributed by atoms with Crippen molar-refractivity contribution in [2.24, 2.45) is 0 Å². The number of methoxy groups -OCH3 is 1. The van der Waals surface area contributed by atoms with Crippen LogP contribution in [0.25, 0.3) is 0 Å². The topological polar surface area (TPSA) is 84.6 Å². The Balaban J connectivity index is 2.54. The van der Waals surface area contributed by atoms with E-state index in [1.54, 1.807) is 26.2 Å². The molecule has 0 aromatic heterocycles. The minimum Gasteiger partial charge on any atom is -0.399 e. The van der Waals surface area contributed by atoms with Crippen LogP contribution in [0.2, 0.25) is 0 Å². The Morgan fingerprint density at radius 2 is 2.25 bits per heavy atom. The van der Waals surface area contributed by atoms with Crippen LogP contribution in [0.15, 0.2) is 24.3 Å². The Bertz CT molecular complexity index is 446. The maximum atomic E-state index is 12.1. The van der Waals surface area contributed by atoms with Crippen LogP contribution in [0.5, 0.6) is 0 Å². The molecule has 0 saturated carbocycles. The lowest BCUT2D eigenvalue weighted by Crippen LogP contribution is -2.42. The number of rotatable bonds is 7. The first-order valence-corrected chi connectivity index (χ1v) is 6.70. The predicted octanol–water partition coefficient (Wildman–Crippen LogP) is 1.28. The molecule has 1 aromatic carbocycles. The smallest absolute Gasteiger partial charge is 0.227 e. The molecule has 1 amide bonds. The number of benzene rings is 1. The number of aliphatic hydroxyl groups is 1. The van der Waals surface area contributed by atoms with Crippen molar-refractivity contribution in [1.82, 2.24) is 5.32 Å². The van der Waals surface area contributed by atoms with Crippen LogP contribution in [0.1, 0.15) is 31.7 Å². The summed E-state index contributed by atoms with van der Waals surface area (Å²) >= 11 is 0. The Kier molecular flexibility index (Phi) is 5.98. The van der Waals surface area contributed by atoms with Gasteiger partial charge in [0.2, 0.25) is 5.91 Å². The van der Waals surface area contributed by atoms with Gasteiger partial charge in [-0.3, -0.25) is 4.79 Å². The number of nitrogens with two attached hydrogens (primary N) is 1. The zero-order chi connectivity index (χ0) is 15.2. The Labute approximate surface area is 120 Å². The van der Waals surface area contributed by atoms with Crippen molar-refractivity contribution in [2.75, 3.05) is 26.0 Å². The highest BCUT2D eigenvalue weighted by molar-refractivity contribution is 5.83. The summed E-state index contributed by atoms with van der Waals surface area (Å²) in [6, 6.07) is 7.25. The molecule has 2 unspecified atom stereocenters. The van der Waals surface area contributed by atoms with Crippen molar-refractivity contribution in [3.8, 4) is 0 Å². The maximum absolute atomic E-state index is 12.1. The lowest BCUT2D eigenvalue weighted by Gasteiger charge is -2.24. The van der Waals surface area contributed by atoms with E-state index in [9.17, 15) is 9.90 Å². The molecule has 20 heavy (non-hydrogen) atoms. The van der Waals surface area contributed by atoms with Crippen molar-refractivity contribution in [1.29, 1.82) is 0 Å². The molecule has 0 saturated heterocycles. The molecule has 0 aliphatic heterocycles. The van der Waals surface area contributed by atoms with E-state index >= 15 is 0 Å². The highest BCUT2D eigenvalue weighted by atomic mass is 16.5. The van der Waals surface area contributed by atoms with Crippen molar-refractivity contribution >= 4 is 11.6 Å². The minimum atomic E-state index is -0.971. The average molecular weight is 280 g/mol. The summed E-state index contributed by atoms with van der Waals surface area (Å²) in [5.74, 6) is -0.440. The van der Waals surface area contributed by atoms with Crippen LogP contribution in [-0.2, 0) is 9.53 Å². The molecule has 4 N–H and O–H groups in total. The van der Waals surface area contributed by atoms with Gasteiger partial charge < -0.3 is 20.9 Å². The van der Waals surface area contributed by atoms with E-state index in [4.69, 9.17) is 10.5 Å². The number of ether oxygens (including phenoxy) is 1. The SMILES string of the molecule is COCCC(C)(O)CNC(=O)C(C)c1cccc(N)c1. The van der Waals surface area contributed by atoms with Gasteiger partial charge >= 0.3 is 0 Å². The van der Waals surface area contributed by atoms with Gasteiger partial charge in [-0.15, -0.1) is 0 Å². The van der Waals surface area contributed by atoms with Crippen LogP contribution in [0.4, 0.5) is 5.69 Å². The second-order valence-corrected chi connectivity index (χ2v) is 5.35. The molecule has 112 valence electrons. The zero-order valence-electron chi connectivity index (χ0n) is 12.3. The van der Waals surface area contributed by atoms with Crippen LogP contribution < -0.4 is 11.1 Å². The van der Waals surface area contributed by atoms with Gasteiger partial charge in [0.15, 0.2) is 0 Å². The van der Waals surface area contributed by atoms with E-state index in [-0.39, 0.29) is 18.4 Å². The number of carbonyl (C=O) groups excluding carboxylic acids is 1. The molecule has 2 atom stereocenters. The first kappa shape index (κ1) is 16.5. The van der Waals surface area contributed by atoms with E-state index in [0.29, 0.717) is 18.7 Å². The lowest BCUT2D eigenvalue weighted by atomic mass is 9.98. The summed E-state index contributed by atoms with van der Waals surface area (Å²) in [6.45, 7) is 4.14. The maximum Gasteiger partial charge on any atom is 0.227 e. The molecule has 0 radical (unpaired) electrons. The zero-order valence-corrected chi connectivity index (χ0v) is 12.3. The average Bonchev–Trinajstić information content (AvgIpc) is 2.42. The number of carbonyl (C=O) groups is 1. The second kappa shape index (κ2) is 7.26. The highest BCUT2D eigenvalue weighted by Crippen LogP contribution is 2.18. The normalized spacial score (nSPS) is 15.4. The van der Waals surface area contributed by atoms with Gasteiger partial charge in [-0.05, 0) is 31.5 Å². The summed E-state index contributed by atoms with van der Waals surface area (Å²) in [7, 11) is 1.58. The van der Waals surface area contributed by atoms with Gasteiger partial charge in [-0.2, -0.15) is 0 Å². The molecule has 0 heterocycles. The summed E-state index contributed by atoms with van der Waals surface area (Å²) in [5, 5.41) is 12.8. The van der Waals surface area contributed by atoms with Gasteiger partial charge in [-0.1, -0.05) is 12.1 Å². The molecule has 0 spiro atoms. The van der Waals surface area contributed by atoms with E-state index < -0.39 is 5.60 Å². The summed E-state index contributed by atoms with van der Waals surface area (Å²) in [6.07, 6.45) is 0.469. The van der Waals surface area contributed by atoms with E-state index in [2.05, 4.69) is 5.32 Å². The lowest BCUT2D eigenvalue weighted by molar-refractivity contribution is -0.123. The van der Waals surface area contributed by atoms with Gasteiger partial charge in [0.05, 0.1) is 11.5 Å². The fraction of sp³-hybridized carbons (Fsp3) is 0.533. The van der Waals surface area contributed by atoms with Gasteiger partial charge in [-0.25, -0.2) is 0 Å². The molecule has 1 rings (SSSR count). The number of anilines is 1. The number of nitrogen functional groups attached to an aromatic ring is 1. The van der Waals surface area contributed by atoms with Crippen LogP contribution in [0.3, 0.4) is 0 Å². The molecular weight excluding hydrogens is 256 g/mol. The van der Waals surface area contributed by atoms with Gasteiger partial charge in [0, 0.05) is 32.4 Å². The third-order valence-corrected chi connectivity index (χ3v) is 3.29. The summed E-state index contributed by atoms with van der Waals surface area (Å²) in [5.41, 5.74) is 6.23. The first-order valence-electron chi connectivity index (χ1n) is 6.70. The van der Waals surface area contributed by atoms with E-state index in [1.165, 1.54) is 0 Å². The number of hydrogen-bond donors (Lipinski definition) is 3. The molecule has 0 aliphatic carbocycles. The molecule has 5 heteroatoms. The Morgan fingerprint density at radius 1 is 1.55 bits per heavy atom. The number of amides is 1. The van der Waals surface area contributed by atoms with Gasteiger partial charge in [0.25, 0.3) is 0 Å². The summed E-state index contributed by atoms with van der Waals surface area (Å²) in [4.78, 5) is 12.1. The largest absolute Gasteiger partial charge is 0.399 e. The fourth-order valence-electron chi connectivity index (χ4n) is 1.82. The third-order valence-electron chi connectivity index (χ3n) is 3.29. The fourth-order valence-corrected chi connectivity index (χ4v) is 1.82. The van der Waals surface area contributed by atoms with Crippen molar-refractivity contribution in [2.45, 2.75) is 31.8 Å². The minimum absolute atomic E-state index is 0.131. The monoisotopic (exact) mass is 280 g/mol. The molecule has 1 aromatic rings. The molecule has 0 bridgehead atoms.